The second-order valence-electron chi connectivity index (χ2n) is 8.52. The molecule has 3 rings (SSSR count). The molecule has 3 unspecified atom stereocenters. The van der Waals surface area contributed by atoms with Gasteiger partial charge in [-0.25, -0.2) is 8.42 Å². The first kappa shape index (κ1) is 23.7. The van der Waals surface area contributed by atoms with Gasteiger partial charge in [0.15, 0.2) is 11.9 Å². The standard InChI is InChI=1S/C21H33N3O6S/c1-5-18-10-6-7-12-24(18)20(25)16(4)29-21(26)17-9-8-11-23(13-17)31(27,28)19-14(2)22-30-15(19)3/h16-18H,5-13H2,1-4H3. The Hall–Kier alpha value is -1.94. The maximum Gasteiger partial charge on any atom is 0.311 e. The summed E-state index contributed by atoms with van der Waals surface area (Å²) in [5.74, 6) is -1.07. The molecule has 3 heterocycles. The fourth-order valence-electron chi connectivity index (χ4n) is 4.59. The van der Waals surface area contributed by atoms with Crippen molar-refractivity contribution < 1.29 is 27.3 Å². The summed E-state index contributed by atoms with van der Waals surface area (Å²) in [5, 5.41) is 3.73. The van der Waals surface area contributed by atoms with Gasteiger partial charge in [-0.15, -0.1) is 0 Å². The molecule has 0 N–H and O–H groups in total. The highest BCUT2D eigenvalue weighted by Crippen LogP contribution is 2.28. The molecule has 1 aromatic rings. The fourth-order valence-corrected chi connectivity index (χ4v) is 6.41. The number of likely N-dealkylation sites (tertiary alicyclic amines) is 1. The molecule has 0 spiro atoms. The maximum absolute atomic E-state index is 13.1. The molecule has 2 aliphatic rings. The van der Waals surface area contributed by atoms with E-state index in [1.54, 1.807) is 20.8 Å². The molecular weight excluding hydrogens is 422 g/mol. The van der Waals surface area contributed by atoms with E-state index >= 15 is 0 Å². The number of hydrogen-bond acceptors (Lipinski definition) is 7. The van der Waals surface area contributed by atoms with Crippen LogP contribution in [0.3, 0.4) is 0 Å². The minimum Gasteiger partial charge on any atom is -0.452 e. The minimum atomic E-state index is -3.82. The zero-order valence-electron chi connectivity index (χ0n) is 18.8. The quantitative estimate of drug-likeness (QED) is 0.606. The summed E-state index contributed by atoms with van der Waals surface area (Å²) in [7, 11) is -3.82. The van der Waals surface area contributed by atoms with E-state index in [-0.39, 0.29) is 29.1 Å². The molecule has 2 saturated heterocycles. The molecule has 0 aliphatic carbocycles. The van der Waals surface area contributed by atoms with Crippen LogP contribution in [0.25, 0.3) is 0 Å². The average Bonchev–Trinajstić information content (AvgIpc) is 3.11. The Morgan fingerprint density at radius 2 is 1.94 bits per heavy atom. The molecule has 9 nitrogen and oxygen atoms in total. The third-order valence-corrected chi connectivity index (χ3v) is 8.42. The number of hydrogen-bond donors (Lipinski definition) is 0. The van der Waals surface area contributed by atoms with Crippen LogP contribution in [0.5, 0.6) is 0 Å². The van der Waals surface area contributed by atoms with Crippen LogP contribution >= 0.6 is 0 Å². The lowest BCUT2D eigenvalue weighted by Gasteiger charge is -2.37. The molecule has 1 amide bonds. The van der Waals surface area contributed by atoms with Crippen molar-refractivity contribution in [2.75, 3.05) is 19.6 Å². The molecule has 31 heavy (non-hydrogen) atoms. The van der Waals surface area contributed by atoms with Crippen LogP contribution in [-0.4, -0.2) is 66.4 Å². The second kappa shape index (κ2) is 9.68. The third kappa shape index (κ3) is 4.95. The number of carbonyl (C=O) groups is 2. The highest BCUT2D eigenvalue weighted by Gasteiger charge is 2.38. The molecule has 0 bridgehead atoms. The monoisotopic (exact) mass is 455 g/mol. The summed E-state index contributed by atoms with van der Waals surface area (Å²) >= 11 is 0. The van der Waals surface area contributed by atoms with Crippen molar-refractivity contribution in [2.45, 2.75) is 83.3 Å². The topological polar surface area (TPSA) is 110 Å². The number of rotatable bonds is 6. The van der Waals surface area contributed by atoms with E-state index in [2.05, 4.69) is 12.1 Å². The van der Waals surface area contributed by atoms with Crippen molar-refractivity contribution in [1.29, 1.82) is 0 Å². The molecule has 174 valence electrons. The first-order valence-electron chi connectivity index (χ1n) is 11.1. The lowest BCUT2D eigenvalue weighted by atomic mass is 9.99. The predicted molar refractivity (Wildman–Crippen MR) is 113 cm³/mol. The summed E-state index contributed by atoms with van der Waals surface area (Å²) in [6.07, 6.45) is 4.09. The van der Waals surface area contributed by atoms with Crippen molar-refractivity contribution in [1.82, 2.24) is 14.4 Å². The van der Waals surface area contributed by atoms with Crippen LogP contribution in [0.15, 0.2) is 9.42 Å². The van der Waals surface area contributed by atoms with Gasteiger partial charge in [-0.2, -0.15) is 4.31 Å². The van der Waals surface area contributed by atoms with Gasteiger partial charge < -0.3 is 14.2 Å². The van der Waals surface area contributed by atoms with E-state index in [0.29, 0.717) is 31.6 Å². The third-order valence-electron chi connectivity index (χ3n) is 6.31. The number of carbonyl (C=O) groups excluding carboxylic acids is 2. The number of piperidine rings is 2. The van der Waals surface area contributed by atoms with Crippen molar-refractivity contribution in [2.24, 2.45) is 5.92 Å². The predicted octanol–water partition coefficient (Wildman–Crippen LogP) is 2.41. The van der Waals surface area contributed by atoms with Gasteiger partial charge in [0.2, 0.25) is 10.0 Å². The molecule has 0 radical (unpaired) electrons. The van der Waals surface area contributed by atoms with E-state index in [1.807, 2.05) is 4.90 Å². The molecule has 3 atom stereocenters. The van der Waals surface area contributed by atoms with E-state index in [1.165, 1.54) is 4.31 Å². The van der Waals surface area contributed by atoms with Crippen LogP contribution in [0.2, 0.25) is 0 Å². The van der Waals surface area contributed by atoms with E-state index in [4.69, 9.17) is 9.26 Å². The van der Waals surface area contributed by atoms with E-state index < -0.39 is 28.0 Å². The Morgan fingerprint density at radius 1 is 1.19 bits per heavy atom. The van der Waals surface area contributed by atoms with Gasteiger partial charge in [-0.05, 0) is 59.3 Å². The van der Waals surface area contributed by atoms with Crippen molar-refractivity contribution >= 4 is 21.9 Å². The molecule has 1 aromatic heterocycles. The van der Waals surface area contributed by atoms with Crippen LogP contribution < -0.4 is 0 Å². The molecule has 0 aromatic carbocycles. The Balaban J connectivity index is 1.65. The first-order chi connectivity index (χ1) is 14.7. The fraction of sp³-hybridized carbons (Fsp3) is 0.762. The van der Waals surface area contributed by atoms with E-state index in [0.717, 1.165) is 25.7 Å². The Bertz CT molecular complexity index is 893. The first-order valence-corrected chi connectivity index (χ1v) is 12.5. The van der Waals surface area contributed by atoms with Crippen molar-refractivity contribution in [3.8, 4) is 0 Å². The Kier molecular flexibility index (Phi) is 7.41. The summed E-state index contributed by atoms with van der Waals surface area (Å²) in [6.45, 7) is 7.82. The molecular formula is C21H33N3O6S. The van der Waals surface area contributed by atoms with Crippen LogP contribution in [0, 0.1) is 19.8 Å². The Morgan fingerprint density at radius 3 is 2.58 bits per heavy atom. The van der Waals surface area contributed by atoms with Gasteiger partial charge in [0, 0.05) is 25.7 Å². The molecule has 0 saturated carbocycles. The molecule has 2 aliphatic heterocycles. The Labute approximate surface area is 184 Å². The minimum absolute atomic E-state index is 0.0213. The zero-order valence-corrected chi connectivity index (χ0v) is 19.6. The highest BCUT2D eigenvalue weighted by atomic mass is 32.2. The lowest BCUT2D eigenvalue weighted by molar-refractivity contribution is -0.165. The van der Waals surface area contributed by atoms with Gasteiger partial charge >= 0.3 is 5.97 Å². The number of aromatic nitrogens is 1. The number of aryl methyl sites for hydroxylation is 2. The number of esters is 1. The second-order valence-corrected chi connectivity index (χ2v) is 10.4. The molecule has 2 fully saturated rings. The van der Waals surface area contributed by atoms with Gasteiger partial charge in [0.1, 0.15) is 10.6 Å². The van der Waals surface area contributed by atoms with Crippen LogP contribution in [0.1, 0.15) is 63.8 Å². The van der Waals surface area contributed by atoms with Gasteiger partial charge in [-0.1, -0.05) is 12.1 Å². The maximum atomic E-state index is 13.1. The van der Waals surface area contributed by atoms with Gasteiger partial charge in [0.25, 0.3) is 5.91 Å². The summed E-state index contributed by atoms with van der Waals surface area (Å²) in [4.78, 5) is 27.5. The van der Waals surface area contributed by atoms with Gasteiger partial charge in [0.05, 0.1) is 5.92 Å². The summed E-state index contributed by atoms with van der Waals surface area (Å²) in [6, 6.07) is 0.188. The number of ether oxygens (including phenoxy) is 1. The normalized spacial score (nSPS) is 24.1. The lowest BCUT2D eigenvalue weighted by Crippen LogP contribution is -2.49. The van der Waals surface area contributed by atoms with Crippen LogP contribution in [-0.2, 0) is 24.3 Å². The van der Waals surface area contributed by atoms with E-state index in [9.17, 15) is 18.0 Å². The number of amides is 1. The largest absolute Gasteiger partial charge is 0.452 e. The van der Waals surface area contributed by atoms with Crippen LogP contribution in [0.4, 0.5) is 0 Å². The van der Waals surface area contributed by atoms with Crippen molar-refractivity contribution in [3.05, 3.63) is 11.5 Å². The smallest absolute Gasteiger partial charge is 0.311 e. The zero-order chi connectivity index (χ0) is 22.8. The average molecular weight is 456 g/mol. The molecule has 10 heteroatoms. The number of sulfonamides is 1. The number of nitrogens with zero attached hydrogens (tertiary/aromatic N) is 3. The summed E-state index contributed by atoms with van der Waals surface area (Å²) in [5.41, 5.74) is 0.299. The van der Waals surface area contributed by atoms with Crippen molar-refractivity contribution in [3.63, 3.8) is 0 Å². The highest BCUT2D eigenvalue weighted by molar-refractivity contribution is 7.89. The SMILES string of the molecule is CCC1CCCCN1C(=O)C(C)OC(=O)C1CCCN(S(=O)(=O)c2c(C)noc2C)C1. The van der Waals surface area contributed by atoms with Gasteiger partial charge in [-0.3, -0.25) is 9.59 Å². The summed E-state index contributed by atoms with van der Waals surface area (Å²) < 4.78 is 38.0.